The van der Waals surface area contributed by atoms with Gasteiger partial charge in [-0.05, 0) is 0 Å². The number of nitrogens with one attached hydrogen (secondary N) is 1. The maximum Gasteiger partial charge on any atom is 0.0909 e. The molecule has 60 valence electrons. The molecule has 1 aliphatic rings. The topological polar surface area (TPSA) is 39.1 Å². The molecule has 0 atom stereocenters. The van der Waals surface area contributed by atoms with Gasteiger partial charge in [-0.15, -0.1) is 0 Å². The number of piperazine rings is 1. The fraction of sp³-hybridized carbons (Fsp3) is 0.625. The van der Waals surface area contributed by atoms with Crippen LogP contribution in [0.5, 0.6) is 0 Å². The van der Waals surface area contributed by atoms with Gasteiger partial charge in [0.2, 0.25) is 0 Å². The highest BCUT2D eigenvalue weighted by Gasteiger charge is 2.05. The molecule has 1 saturated heterocycles. The van der Waals surface area contributed by atoms with Crippen molar-refractivity contribution in [3.63, 3.8) is 0 Å². The van der Waals surface area contributed by atoms with Crippen LogP contribution in [-0.2, 0) is 0 Å². The smallest absolute Gasteiger partial charge is 0.0909 e. The molecule has 1 rings (SSSR count). The molecule has 3 heteroatoms. The molecule has 1 fully saturated rings. The lowest BCUT2D eigenvalue weighted by molar-refractivity contribution is 0.265. The van der Waals surface area contributed by atoms with E-state index in [-0.39, 0.29) is 0 Å². The predicted molar refractivity (Wildman–Crippen MR) is 44.1 cm³/mol. The molecule has 0 aromatic carbocycles. The molecule has 0 bridgehead atoms. The second-order valence-corrected chi connectivity index (χ2v) is 2.58. The summed E-state index contributed by atoms with van der Waals surface area (Å²) in [5.74, 6) is 0. The van der Waals surface area contributed by atoms with E-state index in [4.69, 9.17) is 5.26 Å². The molecular weight excluding hydrogens is 138 g/mol. The summed E-state index contributed by atoms with van der Waals surface area (Å²) in [5.41, 5.74) is 0. The van der Waals surface area contributed by atoms with Crippen LogP contribution in [0.2, 0.25) is 0 Å². The van der Waals surface area contributed by atoms with Gasteiger partial charge in [-0.2, -0.15) is 5.26 Å². The molecule has 0 spiro atoms. The van der Waals surface area contributed by atoms with Crippen LogP contribution >= 0.6 is 0 Å². The normalized spacial score (nSPS) is 20.3. The van der Waals surface area contributed by atoms with E-state index in [9.17, 15) is 0 Å². The molecule has 1 aliphatic heterocycles. The van der Waals surface area contributed by atoms with Crippen LogP contribution in [0.4, 0.5) is 0 Å². The summed E-state index contributed by atoms with van der Waals surface area (Å²) in [5, 5.41) is 11.5. The zero-order valence-electron chi connectivity index (χ0n) is 6.58. The summed E-state index contributed by atoms with van der Waals surface area (Å²) in [6.45, 7) is 5.24. The van der Waals surface area contributed by atoms with Gasteiger partial charge in [0.15, 0.2) is 0 Å². The van der Waals surface area contributed by atoms with Crippen molar-refractivity contribution in [2.75, 3.05) is 32.7 Å². The third-order valence-corrected chi connectivity index (χ3v) is 1.77. The zero-order valence-corrected chi connectivity index (χ0v) is 6.58. The fourth-order valence-corrected chi connectivity index (χ4v) is 1.15. The molecule has 0 aliphatic carbocycles. The van der Waals surface area contributed by atoms with Gasteiger partial charge in [-0.25, -0.2) is 0 Å². The van der Waals surface area contributed by atoms with E-state index in [0.717, 1.165) is 32.7 Å². The van der Waals surface area contributed by atoms with Crippen molar-refractivity contribution in [3.8, 4) is 6.07 Å². The molecule has 0 saturated carbocycles. The minimum Gasteiger partial charge on any atom is -0.314 e. The lowest BCUT2D eigenvalue weighted by Gasteiger charge is -2.25. The highest BCUT2D eigenvalue weighted by atomic mass is 15.2. The number of nitriles is 1. The second-order valence-electron chi connectivity index (χ2n) is 2.58. The standard InChI is InChI=1S/C8H13N3/c9-3-1-2-6-11-7-4-10-5-8-11/h1-2,10H,4-8H2. The predicted octanol–water partition coefficient (Wildman–Crippen LogP) is -0.0286. The van der Waals surface area contributed by atoms with Gasteiger partial charge in [0.05, 0.1) is 6.07 Å². The molecule has 0 radical (unpaired) electrons. The Bertz CT molecular complexity index is 163. The maximum atomic E-state index is 8.23. The van der Waals surface area contributed by atoms with Crippen LogP contribution < -0.4 is 5.32 Å². The van der Waals surface area contributed by atoms with Gasteiger partial charge < -0.3 is 5.32 Å². The third kappa shape index (κ3) is 3.17. The number of allylic oxidation sites excluding steroid dienone is 1. The Balaban J connectivity index is 2.15. The molecule has 1 N–H and O–H groups in total. The highest BCUT2D eigenvalue weighted by molar-refractivity contribution is 5.02. The van der Waals surface area contributed by atoms with Crippen molar-refractivity contribution in [1.29, 1.82) is 5.26 Å². The van der Waals surface area contributed by atoms with Gasteiger partial charge >= 0.3 is 0 Å². The Kier molecular flexibility index (Phi) is 3.67. The van der Waals surface area contributed by atoms with E-state index in [1.807, 2.05) is 12.1 Å². The van der Waals surface area contributed by atoms with Gasteiger partial charge in [-0.3, -0.25) is 4.90 Å². The van der Waals surface area contributed by atoms with E-state index in [1.54, 1.807) is 6.08 Å². The van der Waals surface area contributed by atoms with E-state index in [0.29, 0.717) is 0 Å². The molecule has 1 heterocycles. The van der Waals surface area contributed by atoms with Crippen molar-refractivity contribution in [2.45, 2.75) is 0 Å². The Morgan fingerprint density at radius 1 is 1.45 bits per heavy atom. The Hall–Kier alpha value is -0.850. The van der Waals surface area contributed by atoms with Crippen molar-refractivity contribution in [1.82, 2.24) is 10.2 Å². The van der Waals surface area contributed by atoms with Gasteiger partial charge in [-0.1, -0.05) is 6.08 Å². The SMILES string of the molecule is N#CC=CCN1CCNCC1. The summed E-state index contributed by atoms with van der Waals surface area (Å²) in [7, 11) is 0. The monoisotopic (exact) mass is 151 g/mol. The van der Waals surface area contributed by atoms with Crippen molar-refractivity contribution >= 4 is 0 Å². The summed E-state index contributed by atoms with van der Waals surface area (Å²) in [4.78, 5) is 2.32. The molecule has 0 aromatic heterocycles. The fourth-order valence-electron chi connectivity index (χ4n) is 1.15. The largest absolute Gasteiger partial charge is 0.314 e. The second kappa shape index (κ2) is 4.89. The molecule has 0 amide bonds. The Morgan fingerprint density at radius 3 is 2.82 bits per heavy atom. The van der Waals surface area contributed by atoms with Gasteiger partial charge in [0.1, 0.15) is 0 Å². The number of hydrogen-bond donors (Lipinski definition) is 1. The summed E-state index contributed by atoms with van der Waals surface area (Å²) in [6.07, 6.45) is 3.45. The van der Waals surface area contributed by atoms with E-state index < -0.39 is 0 Å². The Morgan fingerprint density at radius 2 is 2.18 bits per heavy atom. The molecule has 3 nitrogen and oxygen atoms in total. The summed E-state index contributed by atoms with van der Waals surface area (Å²) in [6, 6.07) is 1.98. The van der Waals surface area contributed by atoms with Crippen molar-refractivity contribution < 1.29 is 0 Å². The quantitative estimate of drug-likeness (QED) is 0.563. The van der Waals surface area contributed by atoms with Crippen LogP contribution in [0.1, 0.15) is 0 Å². The van der Waals surface area contributed by atoms with Crippen LogP contribution in [0, 0.1) is 11.3 Å². The highest BCUT2D eigenvalue weighted by Crippen LogP contribution is 1.91. The average Bonchev–Trinajstić information content (AvgIpc) is 2.07. The van der Waals surface area contributed by atoms with E-state index in [1.165, 1.54) is 0 Å². The molecule has 0 unspecified atom stereocenters. The number of nitrogens with zero attached hydrogens (tertiary/aromatic N) is 2. The van der Waals surface area contributed by atoms with Crippen LogP contribution in [0.15, 0.2) is 12.2 Å². The van der Waals surface area contributed by atoms with Crippen LogP contribution in [0.25, 0.3) is 0 Å². The minimum absolute atomic E-state index is 0.912. The first-order valence-corrected chi connectivity index (χ1v) is 3.91. The first-order valence-electron chi connectivity index (χ1n) is 3.91. The minimum atomic E-state index is 0.912. The average molecular weight is 151 g/mol. The third-order valence-electron chi connectivity index (χ3n) is 1.77. The zero-order chi connectivity index (χ0) is 7.94. The summed E-state index contributed by atoms with van der Waals surface area (Å²) < 4.78 is 0. The molecule has 11 heavy (non-hydrogen) atoms. The van der Waals surface area contributed by atoms with Crippen molar-refractivity contribution in [2.24, 2.45) is 0 Å². The van der Waals surface area contributed by atoms with Gasteiger partial charge in [0, 0.05) is 38.8 Å². The molecule has 0 aromatic rings. The van der Waals surface area contributed by atoms with Crippen LogP contribution in [0.3, 0.4) is 0 Å². The lowest BCUT2D eigenvalue weighted by atomic mass is 10.3. The number of hydrogen-bond acceptors (Lipinski definition) is 3. The lowest BCUT2D eigenvalue weighted by Crippen LogP contribution is -2.43. The van der Waals surface area contributed by atoms with E-state index >= 15 is 0 Å². The van der Waals surface area contributed by atoms with E-state index in [2.05, 4.69) is 10.2 Å². The van der Waals surface area contributed by atoms with Crippen molar-refractivity contribution in [3.05, 3.63) is 12.2 Å². The Labute approximate surface area is 67.3 Å². The maximum absolute atomic E-state index is 8.23. The van der Waals surface area contributed by atoms with Gasteiger partial charge in [0.25, 0.3) is 0 Å². The first-order chi connectivity index (χ1) is 5.43. The number of rotatable bonds is 2. The first kappa shape index (κ1) is 8.25. The summed E-state index contributed by atoms with van der Waals surface area (Å²) >= 11 is 0. The molecular formula is C8H13N3. The van der Waals surface area contributed by atoms with Crippen LogP contribution in [-0.4, -0.2) is 37.6 Å².